The van der Waals surface area contributed by atoms with Crippen LogP contribution in [-0.2, 0) is 0 Å². The highest BCUT2D eigenvalue weighted by molar-refractivity contribution is 6.16. The Bertz CT molecular complexity index is 1410. The van der Waals surface area contributed by atoms with Crippen molar-refractivity contribution in [3.05, 3.63) is 91.3 Å². The predicted octanol–water partition coefficient (Wildman–Crippen LogP) is 6.60. The summed E-state index contributed by atoms with van der Waals surface area (Å²) in [5.41, 5.74) is 15.4. The third-order valence-electron chi connectivity index (χ3n) is 5.85. The van der Waals surface area contributed by atoms with Gasteiger partial charge in [-0.25, -0.2) is 4.98 Å². The van der Waals surface area contributed by atoms with Gasteiger partial charge in [0.1, 0.15) is 5.65 Å². The Hall–Kier alpha value is -4.05. The maximum absolute atomic E-state index is 6.14. The van der Waals surface area contributed by atoms with Crippen LogP contribution in [0.15, 0.2) is 91.3 Å². The van der Waals surface area contributed by atoms with E-state index in [1.807, 2.05) is 44.4 Å². The SMILES string of the molecule is C=C(C)N(C)c1ccc(-c2cnc3[nH]c4ccc(N)cc4c3c2-c2ccccc2)cc1. The van der Waals surface area contributed by atoms with E-state index in [0.29, 0.717) is 0 Å². The molecule has 0 amide bonds. The summed E-state index contributed by atoms with van der Waals surface area (Å²) in [5, 5.41) is 2.18. The quantitative estimate of drug-likeness (QED) is 0.332. The molecule has 0 saturated heterocycles. The molecule has 0 saturated carbocycles. The minimum Gasteiger partial charge on any atom is -0.399 e. The second kappa shape index (κ2) is 7.33. The number of nitrogens with one attached hydrogen (secondary N) is 1. The molecule has 0 atom stereocenters. The molecule has 0 bridgehead atoms. The van der Waals surface area contributed by atoms with Crippen molar-refractivity contribution in [3.63, 3.8) is 0 Å². The van der Waals surface area contributed by atoms with Crippen LogP contribution in [0, 0.1) is 0 Å². The zero-order valence-electron chi connectivity index (χ0n) is 17.7. The van der Waals surface area contributed by atoms with Gasteiger partial charge in [0, 0.05) is 57.7 Å². The van der Waals surface area contributed by atoms with Gasteiger partial charge in [0.05, 0.1) is 0 Å². The molecule has 5 rings (SSSR count). The van der Waals surface area contributed by atoms with Gasteiger partial charge in [-0.2, -0.15) is 0 Å². The molecule has 2 heterocycles. The molecule has 4 heteroatoms. The Morgan fingerprint density at radius 1 is 0.968 bits per heavy atom. The molecule has 152 valence electrons. The summed E-state index contributed by atoms with van der Waals surface area (Å²) < 4.78 is 0. The van der Waals surface area contributed by atoms with Crippen molar-refractivity contribution in [3.8, 4) is 22.3 Å². The first-order valence-electron chi connectivity index (χ1n) is 10.3. The molecular formula is C27H24N4. The van der Waals surface area contributed by atoms with Crippen LogP contribution in [0.3, 0.4) is 0 Å². The monoisotopic (exact) mass is 404 g/mol. The van der Waals surface area contributed by atoms with E-state index in [1.54, 1.807) is 0 Å². The average molecular weight is 405 g/mol. The number of nitrogen functional groups attached to an aromatic ring is 1. The van der Waals surface area contributed by atoms with Gasteiger partial charge in [0.25, 0.3) is 0 Å². The number of H-pyrrole nitrogens is 1. The third-order valence-corrected chi connectivity index (χ3v) is 5.85. The number of hydrogen-bond acceptors (Lipinski definition) is 3. The molecule has 0 fully saturated rings. The highest BCUT2D eigenvalue weighted by atomic mass is 15.1. The summed E-state index contributed by atoms with van der Waals surface area (Å²) in [6.45, 7) is 6.03. The van der Waals surface area contributed by atoms with E-state index in [2.05, 4.69) is 65.0 Å². The van der Waals surface area contributed by atoms with Crippen molar-refractivity contribution in [1.29, 1.82) is 0 Å². The zero-order valence-corrected chi connectivity index (χ0v) is 17.7. The minimum atomic E-state index is 0.741. The number of pyridine rings is 1. The van der Waals surface area contributed by atoms with Crippen molar-refractivity contribution >= 4 is 33.3 Å². The topological polar surface area (TPSA) is 57.9 Å². The molecule has 0 unspecified atom stereocenters. The normalized spacial score (nSPS) is 11.2. The van der Waals surface area contributed by atoms with E-state index in [0.717, 1.165) is 61.3 Å². The molecule has 3 N–H and O–H groups in total. The largest absolute Gasteiger partial charge is 0.399 e. The van der Waals surface area contributed by atoms with Crippen molar-refractivity contribution < 1.29 is 0 Å². The number of hydrogen-bond donors (Lipinski definition) is 2. The number of rotatable bonds is 4. The lowest BCUT2D eigenvalue weighted by Gasteiger charge is -2.19. The summed E-state index contributed by atoms with van der Waals surface area (Å²) in [7, 11) is 2.02. The van der Waals surface area contributed by atoms with Gasteiger partial charge < -0.3 is 15.6 Å². The van der Waals surface area contributed by atoms with Gasteiger partial charge in [-0.1, -0.05) is 49.0 Å². The summed E-state index contributed by atoms with van der Waals surface area (Å²) in [5.74, 6) is 0. The first kappa shape index (κ1) is 18.9. The number of aromatic nitrogens is 2. The van der Waals surface area contributed by atoms with Crippen molar-refractivity contribution in [2.45, 2.75) is 6.92 Å². The lowest BCUT2D eigenvalue weighted by molar-refractivity contribution is 1.10. The summed E-state index contributed by atoms with van der Waals surface area (Å²) in [6, 6.07) is 25.0. The first-order valence-corrected chi connectivity index (χ1v) is 10.3. The number of fused-ring (bicyclic) bond motifs is 3. The van der Waals surface area contributed by atoms with Crippen LogP contribution in [0.2, 0.25) is 0 Å². The lowest BCUT2D eigenvalue weighted by Crippen LogP contribution is -2.12. The van der Waals surface area contributed by atoms with Crippen LogP contribution < -0.4 is 10.6 Å². The second-order valence-electron chi connectivity index (χ2n) is 7.91. The van der Waals surface area contributed by atoms with E-state index >= 15 is 0 Å². The van der Waals surface area contributed by atoms with Crippen LogP contribution in [0.4, 0.5) is 11.4 Å². The Balaban J connectivity index is 1.80. The highest BCUT2D eigenvalue weighted by Gasteiger charge is 2.17. The minimum absolute atomic E-state index is 0.741. The van der Waals surface area contributed by atoms with Crippen molar-refractivity contribution in [1.82, 2.24) is 9.97 Å². The van der Waals surface area contributed by atoms with Gasteiger partial charge in [-0.3, -0.25) is 0 Å². The van der Waals surface area contributed by atoms with Crippen LogP contribution in [-0.4, -0.2) is 17.0 Å². The molecule has 0 radical (unpaired) electrons. The fourth-order valence-corrected chi connectivity index (χ4v) is 4.08. The van der Waals surface area contributed by atoms with Crippen LogP contribution >= 0.6 is 0 Å². The van der Waals surface area contributed by atoms with Gasteiger partial charge in [-0.05, 0) is 48.4 Å². The molecule has 2 aromatic heterocycles. The Morgan fingerprint density at radius 3 is 2.42 bits per heavy atom. The molecule has 0 aliphatic carbocycles. The van der Waals surface area contributed by atoms with Crippen molar-refractivity contribution in [2.24, 2.45) is 0 Å². The van der Waals surface area contributed by atoms with E-state index in [1.165, 1.54) is 0 Å². The summed E-state index contributed by atoms with van der Waals surface area (Å²) >= 11 is 0. The number of benzene rings is 3. The molecule has 4 nitrogen and oxygen atoms in total. The van der Waals surface area contributed by atoms with E-state index < -0.39 is 0 Å². The Labute approximate surface area is 181 Å². The Kier molecular flexibility index (Phi) is 4.48. The number of nitrogens with two attached hydrogens (primary N) is 1. The highest BCUT2D eigenvalue weighted by Crippen LogP contribution is 2.41. The second-order valence-corrected chi connectivity index (χ2v) is 7.91. The van der Waals surface area contributed by atoms with E-state index in [9.17, 15) is 0 Å². The molecular weight excluding hydrogens is 380 g/mol. The van der Waals surface area contributed by atoms with E-state index in [4.69, 9.17) is 10.7 Å². The molecule has 3 aromatic carbocycles. The molecule has 0 aliphatic rings. The van der Waals surface area contributed by atoms with Gasteiger partial charge in [0.15, 0.2) is 0 Å². The summed E-state index contributed by atoms with van der Waals surface area (Å²) in [6.07, 6.45) is 1.96. The van der Waals surface area contributed by atoms with E-state index in [-0.39, 0.29) is 0 Å². The number of anilines is 2. The molecule has 0 aliphatic heterocycles. The molecule has 0 spiro atoms. The fourth-order valence-electron chi connectivity index (χ4n) is 4.08. The predicted molar refractivity (Wildman–Crippen MR) is 132 cm³/mol. The summed E-state index contributed by atoms with van der Waals surface area (Å²) in [4.78, 5) is 10.3. The number of allylic oxidation sites excluding steroid dienone is 1. The standard InChI is InChI=1S/C27H24N4/c1-17(2)31(3)21-12-9-18(10-13-21)23-16-29-27-26(25(23)19-7-5-4-6-8-19)22-15-20(28)11-14-24(22)30-27/h4-16H,1,28H2,2-3H3,(H,29,30). The van der Waals surface area contributed by atoms with Gasteiger partial charge in [-0.15, -0.1) is 0 Å². The maximum atomic E-state index is 6.14. The number of aromatic amines is 1. The Morgan fingerprint density at radius 2 is 1.71 bits per heavy atom. The zero-order chi connectivity index (χ0) is 21.5. The lowest BCUT2D eigenvalue weighted by atomic mass is 9.92. The van der Waals surface area contributed by atoms with Crippen LogP contribution in [0.5, 0.6) is 0 Å². The first-order chi connectivity index (χ1) is 15.0. The maximum Gasteiger partial charge on any atom is 0.138 e. The average Bonchev–Trinajstić information content (AvgIpc) is 3.16. The van der Waals surface area contributed by atoms with Crippen LogP contribution in [0.25, 0.3) is 44.2 Å². The molecule has 5 aromatic rings. The smallest absolute Gasteiger partial charge is 0.138 e. The van der Waals surface area contributed by atoms with Gasteiger partial charge >= 0.3 is 0 Å². The molecule has 31 heavy (non-hydrogen) atoms. The van der Waals surface area contributed by atoms with Crippen molar-refractivity contribution in [2.75, 3.05) is 17.7 Å². The van der Waals surface area contributed by atoms with Gasteiger partial charge in [0.2, 0.25) is 0 Å². The fraction of sp³-hybridized carbons (Fsp3) is 0.0741. The van der Waals surface area contributed by atoms with Crippen LogP contribution in [0.1, 0.15) is 6.92 Å². The third kappa shape index (κ3) is 3.22. The number of nitrogens with zero attached hydrogens (tertiary/aromatic N) is 2.